The Kier molecular flexibility index (Phi) is 10.5. The van der Waals surface area contributed by atoms with Gasteiger partial charge in [-0.25, -0.2) is 9.07 Å². The maximum atomic E-state index is 15.1. The second kappa shape index (κ2) is 12.8. The van der Waals surface area contributed by atoms with E-state index in [0.717, 1.165) is 0 Å². The fourth-order valence-electron chi connectivity index (χ4n) is 5.12. The van der Waals surface area contributed by atoms with Crippen LogP contribution in [-0.2, 0) is 20.2 Å². The highest BCUT2D eigenvalue weighted by Crippen LogP contribution is 2.41. The smallest absolute Gasteiger partial charge is 0.267 e. The summed E-state index contributed by atoms with van der Waals surface area (Å²) < 4.78 is 79.9. The minimum absolute atomic E-state index is 0.0360. The van der Waals surface area contributed by atoms with E-state index in [1.165, 1.54) is 10.9 Å². The zero-order valence-electron chi connectivity index (χ0n) is 20.6. The summed E-state index contributed by atoms with van der Waals surface area (Å²) in [6.07, 6.45) is 1.13. The lowest BCUT2D eigenvalue weighted by Gasteiger charge is -2.37. The van der Waals surface area contributed by atoms with Gasteiger partial charge in [0, 0.05) is 6.04 Å². The molecule has 5 atom stereocenters. The van der Waals surface area contributed by atoms with Gasteiger partial charge in [-0.2, -0.15) is 32.3 Å². The molecule has 2 N–H and O–H groups in total. The molecule has 12 nitrogen and oxygen atoms in total. The molecular formula is C21H31Cl2FN6O6S2. The number of rotatable bonds is 10. The minimum atomic E-state index is -4.34. The molecule has 2 fully saturated rings. The van der Waals surface area contributed by atoms with Crippen molar-refractivity contribution in [2.75, 3.05) is 18.8 Å². The van der Waals surface area contributed by atoms with E-state index in [0.29, 0.717) is 25.9 Å². The number of aromatic nitrogens is 2. The Labute approximate surface area is 231 Å². The van der Waals surface area contributed by atoms with Crippen LogP contribution in [-0.4, -0.2) is 93.7 Å². The summed E-state index contributed by atoms with van der Waals surface area (Å²) in [5.74, 6) is -0.320. The van der Waals surface area contributed by atoms with E-state index in [1.807, 2.05) is 17.9 Å². The zero-order valence-corrected chi connectivity index (χ0v) is 23.8. The van der Waals surface area contributed by atoms with Gasteiger partial charge in [-0.05, 0) is 51.6 Å². The lowest BCUT2D eigenvalue weighted by Crippen LogP contribution is -2.43. The molecule has 0 radical (unpaired) electrons. The lowest BCUT2D eigenvalue weighted by molar-refractivity contribution is 0.101. The van der Waals surface area contributed by atoms with Gasteiger partial charge >= 0.3 is 0 Å². The molecule has 0 bridgehead atoms. The molecule has 38 heavy (non-hydrogen) atoms. The topological polar surface area (TPSA) is 178 Å². The second-order valence-electron chi connectivity index (χ2n) is 9.60. The maximum Gasteiger partial charge on any atom is 0.267 e. The highest BCUT2D eigenvalue weighted by molar-refractivity contribution is 7.86. The van der Waals surface area contributed by atoms with Gasteiger partial charge in [0.1, 0.15) is 23.8 Å². The Hall–Kier alpha value is -1.41. The molecule has 0 amide bonds. The summed E-state index contributed by atoms with van der Waals surface area (Å²) in [4.78, 5) is 1.98. The van der Waals surface area contributed by atoms with Gasteiger partial charge in [0.25, 0.3) is 20.2 Å². The summed E-state index contributed by atoms with van der Waals surface area (Å²) in [7, 11) is -8.39. The Bertz CT molecular complexity index is 1250. The van der Waals surface area contributed by atoms with Gasteiger partial charge < -0.3 is 4.90 Å². The first kappa shape index (κ1) is 31.1. The van der Waals surface area contributed by atoms with Crippen molar-refractivity contribution in [1.82, 2.24) is 14.7 Å². The molecule has 1 aromatic heterocycles. The van der Waals surface area contributed by atoms with Crippen LogP contribution in [0.5, 0.6) is 0 Å². The van der Waals surface area contributed by atoms with E-state index in [2.05, 4.69) is 15.3 Å². The maximum absolute atomic E-state index is 15.1. The number of hydrogen-bond acceptors (Lipinski definition) is 9. The quantitative estimate of drug-likeness (QED) is 0.226. The minimum Gasteiger partial charge on any atom is -0.301 e. The van der Waals surface area contributed by atoms with Gasteiger partial charge in [-0.15, -0.1) is 28.3 Å². The Morgan fingerprint density at radius 2 is 1.87 bits per heavy atom. The summed E-state index contributed by atoms with van der Waals surface area (Å²) in [5.41, 5.74) is 0.0680. The molecule has 5 unspecified atom stereocenters. The van der Waals surface area contributed by atoms with Crippen molar-refractivity contribution < 1.29 is 30.3 Å². The van der Waals surface area contributed by atoms with E-state index < -0.39 is 54.5 Å². The van der Waals surface area contributed by atoms with Crippen molar-refractivity contribution >= 4 is 49.3 Å². The first-order chi connectivity index (χ1) is 17.7. The van der Waals surface area contributed by atoms with Crippen LogP contribution in [0.3, 0.4) is 0 Å². The predicted molar refractivity (Wildman–Crippen MR) is 139 cm³/mol. The molecule has 0 saturated heterocycles. The predicted octanol–water partition coefficient (Wildman–Crippen LogP) is 3.50. The number of halogens is 3. The fraction of sp³-hybridized carbons (Fsp3) is 0.810. The molecule has 0 aromatic carbocycles. The number of nitriles is 1. The molecule has 2 aliphatic rings. The van der Waals surface area contributed by atoms with Crippen LogP contribution < -0.4 is 0 Å². The van der Waals surface area contributed by atoms with Crippen molar-refractivity contribution in [1.29, 1.82) is 5.26 Å². The first-order valence-corrected chi connectivity index (χ1v) is 16.2. The Balaban J connectivity index is 1.71. The summed E-state index contributed by atoms with van der Waals surface area (Å²) in [5, 5.41) is 19.2. The third-order valence-corrected chi connectivity index (χ3v) is 10.00. The molecule has 0 spiro atoms. The second-order valence-corrected chi connectivity index (χ2v) is 14.0. The van der Waals surface area contributed by atoms with Gasteiger partial charge in [0.2, 0.25) is 0 Å². The summed E-state index contributed by atoms with van der Waals surface area (Å²) in [6, 6.07) is 0.324. The van der Waals surface area contributed by atoms with E-state index in [9.17, 15) is 26.7 Å². The van der Waals surface area contributed by atoms with Crippen LogP contribution in [0.15, 0.2) is 16.4 Å². The molecule has 1 aromatic rings. The third-order valence-electron chi connectivity index (χ3n) is 7.09. The van der Waals surface area contributed by atoms with E-state index >= 15 is 4.39 Å². The van der Waals surface area contributed by atoms with Crippen molar-refractivity contribution in [2.45, 2.75) is 85.7 Å². The van der Waals surface area contributed by atoms with E-state index in [4.69, 9.17) is 27.8 Å². The van der Waals surface area contributed by atoms with Crippen molar-refractivity contribution in [3.05, 3.63) is 11.8 Å². The van der Waals surface area contributed by atoms with E-state index in [1.54, 1.807) is 0 Å². The average molecular weight is 618 g/mol. The third kappa shape index (κ3) is 7.83. The Morgan fingerprint density at radius 1 is 1.21 bits per heavy atom. The normalized spacial score (nSPS) is 31.1. The largest absolute Gasteiger partial charge is 0.301 e. The molecule has 2 aliphatic carbocycles. The molecule has 3 rings (SSSR count). The van der Waals surface area contributed by atoms with Crippen molar-refractivity contribution in [3.63, 3.8) is 0 Å². The monoisotopic (exact) mass is 616 g/mol. The summed E-state index contributed by atoms with van der Waals surface area (Å²) in [6.45, 7) is 2.90. The van der Waals surface area contributed by atoms with Crippen LogP contribution in [0.1, 0.15) is 57.1 Å². The standard InChI is InChI=1S/C21H31Cl2FN6O6S2/c1-2-29(6-3-7-37(31,32)33)14-4-5-19(18(24)8-14)27-28-21-13(11-25)12-26-30(21)20-16(22)9-15(10-17(20)23)38(34,35)36/h12,14-20H,2-10H2,1H3,(H,31,32,33)(H,34,35,36). The van der Waals surface area contributed by atoms with Gasteiger partial charge in [0.05, 0.1) is 34.0 Å². The van der Waals surface area contributed by atoms with Crippen molar-refractivity contribution in [2.24, 2.45) is 10.2 Å². The van der Waals surface area contributed by atoms with Gasteiger partial charge in [0.15, 0.2) is 5.82 Å². The van der Waals surface area contributed by atoms with Crippen LogP contribution in [0.4, 0.5) is 10.2 Å². The first-order valence-electron chi connectivity index (χ1n) is 12.2. The number of alkyl halides is 3. The molecule has 2 saturated carbocycles. The molecule has 17 heteroatoms. The molecule has 0 aliphatic heterocycles. The zero-order chi connectivity index (χ0) is 28.3. The highest BCUT2D eigenvalue weighted by atomic mass is 35.5. The molecule has 1 heterocycles. The van der Waals surface area contributed by atoms with E-state index in [-0.39, 0.29) is 48.9 Å². The van der Waals surface area contributed by atoms with Crippen LogP contribution >= 0.6 is 23.2 Å². The van der Waals surface area contributed by atoms with Crippen LogP contribution in [0, 0.1) is 11.3 Å². The lowest BCUT2D eigenvalue weighted by atomic mass is 9.89. The fourth-order valence-corrected chi connectivity index (χ4v) is 7.80. The average Bonchev–Trinajstić information content (AvgIpc) is 3.21. The Morgan fingerprint density at radius 3 is 2.39 bits per heavy atom. The van der Waals surface area contributed by atoms with Crippen LogP contribution in [0.25, 0.3) is 0 Å². The SMILES string of the molecule is CCN(CCCS(=O)(=O)O)C1CCC(N=Nc2c(C#N)cnn2C2C(Cl)CC(S(=O)(=O)O)CC2Cl)C(F)C1. The van der Waals surface area contributed by atoms with Gasteiger partial charge in [-0.3, -0.25) is 9.11 Å². The molecular weight excluding hydrogens is 586 g/mol. The van der Waals surface area contributed by atoms with Gasteiger partial charge in [-0.1, -0.05) is 6.92 Å². The van der Waals surface area contributed by atoms with Crippen LogP contribution in [0.2, 0.25) is 0 Å². The highest BCUT2D eigenvalue weighted by Gasteiger charge is 2.43. The summed E-state index contributed by atoms with van der Waals surface area (Å²) >= 11 is 12.9. The number of azo groups is 1. The molecule has 214 valence electrons. The van der Waals surface area contributed by atoms with Crippen molar-refractivity contribution in [3.8, 4) is 6.07 Å². The number of nitrogens with zero attached hydrogens (tertiary/aromatic N) is 6. The number of hydrogen-bond donors (Lipinski definition) is 2.